The van der Waals surface area contributed by atoms with Crippen molar-refractivity contribution in [3.05, 3.63) is 40.0 Å². The Morgan fingerprint density at radius 2 is 2.00 bits per heavy atom. The lowest BCUT2D eigenvalue weighted by molar-refractivity contribution is 0.491. The molecule has 3 rings (SSSR count). The van der Waals surface area contributed by atoms with E-state index in [4.69, 9.17) is 5.73 Å². The summed E-state index contributed by atoms with van der Waals surface area (Å²) in [5, 5.41) is 0. The number of piperidine rings is 1. The molecule has 0 aromatic carbocycles. The summed E-state index contributed by atoms with van der Waals surface area (Å²) in [6.07, 6.45) is 6.52. The normalized spacial score (nSPS) is 15.9. The first-order chi connectivity index (χ1) is 11.1. The van der Waals surface area contributed by atoms with Gasteiger partial charge in [0, 0.05) is 42.1 Å². The Labute approximate surface area is 145 Å². The molecule has 122 valence electrons. The Hall–Kier alpha value is -1.69. The van der Waals surface area contributed by atoms with Gasteiger partial charge in [0.1, 0.15) is 16.7 Å². The molecule has 6 heteroatoms. The van der Waals surface area contributed by atoms with Crippen LogP contribution in [0.15, 0.2) is 23.2 Å². The molecular formula is C17H22BrN5. The Bertz CT molecular complexity index is 695. The maximum atomic E-state index is 6.03. The Morgan fingerprint density at radius 3 is 2.70 bits per heavy atom. The van der Waals surface area contributed by atoms with Gasteiger partial charge in [-0.1, -0.05) is 6.92 Å². The summed E-state index contributed by atoms with van der Waals surface area (Å²) in [5.74, 6) is 1.54. The highest BCUT2D eigenvalue weighted by Gasteiger charge is 2.25. The maximum absolute atomic E-state index is 6.03. The van der Waals surface area contributed by atoms with Crippen LogP contribution in [0.2, 0.25) is 0 Å². The minimum Gasteiger partial charge on any atom is -0.398 e. The summed E-state index contributed by atoms with van der Waals surface area (Å²) < 4.78 is 0.903. The van der Waals surface area contributed by atoms with Gasteiger partial charge in [0.15, 0.2) is 0 Å². The zero-order valence-corrected chi connectivity index (χ0v) is 15.2. The van der Waals surface area contributed by atoms with E-state index in [-0.39, 0.29) is 0 Å². The zero-order valence-electron chi connectivity index (χ0n) is 13.6. The zero-order chi connectivity index (χ0) is 16.4. The summed E-state index contributed by atoms with van der Waals surface area (Å²) in [6, 6.07) is 1.87. The maximum Gasteiger partial charge on any atom is 0.136 e. The van der Waals surface area contributed by atoms with Crippen molar-refractivity contribution in [3.8, 4) is 0 Å². The number of nitrogen functional groups attached to an aromatic ring is 1. The van der Waals surface area contributed by atoms with Crippen molar-refractivity contribution in [2.75, 3.05) is 23.7 Å². The molecule has 0 saturated carbocycles. The molecule has 5 nitrogen and oxygen atoms in total. The van der Waals surface area contributed by atoms with Crippen molar-refractivity contribution in [1.29, 1.82) is 0 Å². The molecule has 0 amide bonds. The van der Waals surface area contributed by atoms with E-state index >= 15 is 0 Å². The fourth-order valence-corrected chi connectivity index (χ4v) is 3.85. The second-order valence-electron chi connectivity index (χ2n) is 5.99. The number of aromatic nitrogens is 3. The van der Waals surface area contributed by atoms with Crippen molar-refractivity contribution < 1.29 is 0 Å². The lowest BCUT2D eigenvalue weighted by atomic mass is 9.90. The van der Waals surface area contributed by atoms with Crippen LogP contribution in [0.4, 0.5) is 11.5 Å². The number of anilines is 2. The quantitative estimate of drug-likeness (QED) is 0.831. The predicted octanol–water partition coefficient (Wildman–Crippen LogP) is 3.47. The molecule has 0 aliphatic carbocycles. The van der Waals surface area contributed by atoms with Gasteiger partial charge in [-0.2, -0.15) is 0 Å². The van der Waals surface area contributed by atoms with Crippen molar-refractivity contribution >= 4 is 27.4 Å². The lowest BCUT2D eigenvalue weighted by Gasteiger charge is -2.34. The fraction of sp³-hybridized carbons (Fsp3) is 0.471. The number of rotatable bonds is 3. The molecular weight excluding hydrogens is 354 g/mol. The van der Waals surface area contributed by atoms with Crippen LogP contribution in [0.3, 0.4) is 0 Å². The van der Waals surface area contributed by atoms with Crippen LogP contribution in [0.25, 0.3) is 0 Å². The fourth-order valence-electron chi connectivity index (χ4n) is 3.30. The van der Waals surface area contributed by atoms with Crippen LogP contribution in [0.5, 0.6) is 0 Å². The van der Waals surface area contributed by atoms with Gasteiger partial charge in [0.2, 0.25) is 0 Å². The molecule has 0 unspecified atom stereocenters. The molecule has 3 heterocycles. The van der Waals surface area contributed by atoms with Crippen LogP contribution >= 0.6 is 15.9 Å². The highest BCUT2D eigenvalue weighted by molar-refractivity contribution is 9.10. The van der Waals surface area contributed by atoms with Gasteiger partial charge in [0.25, 0.3) is 0 Å². The summed E-state index contributed by atoms with van der Waals surface area (Å²) >= 11 is 3.54. The van der Waals surface area contributed by atoms with Crippen molar-refractivity contribution in [2.45, 2.75) is 39.0 Å². The molecule has 1 aliphatic rings. The van der Waals surface area contributed by atoms with Crippen LogP contribution in [-0.2, 0) is 6.42 Å². The molecule has 0 spiro atoms. The number of nitrogens with two attached hydrogens (primary N) is 1. The SMILES string of the molecule is CCc1c(Br)ncnc1N1CCC(c2nccc(N)c2C)CC1. The van der Waals surface area contributed by atoms with E-state index in [1.54, 1.807) is 6.33 Å². The van der Waals surface area contributed by atoms with E-state index in [1.807, 2.05) is 12.3 Å². The average Bonchev–Trinajstić information content (AvgIpc) is 2.57. The monoisotopic (exact) mass is 375 g/mol. The van der Waals surface area contributed by atoms with E-state index < -0.39 is 0 Å². The van der Waals surface area contributed by atoms with Crippen LogP contribution in [0, 0.1) is 6.92 Å². The molecule has 2 aromatic heterocycles. The molecule has 1 aliphatic heterocycles. The molecule has 0 atom stereocenters. The summed E-state index contributed by atoms with van der Waals surface area (Å²) in [4.78, 5) is 15.7. The van der Waals surface area contributed by atoms with Gasteiger partial charge in [0.05, 0.1) is 0 Å². The molecule has 0 radical (unpaired) electrons. The van der Waals surface area contributed by atoms with Gasteiger partial charge >= 0.3 is 0 Å². The molecule has 1 fully saturated rings. The molecule has 2 N–H and O–H groups in total. The average molecular weight is 376 g/mol. The van der Waals surface area contributed by atoms with Gasteiger partial charge in [-0.15, -0.1) is 0 Å². The third-order valence-electron chi connectivity index (χ3n) is 4.69. The molecule has 1 saturated heterocycles. The Balaban J connectivity index is 1.77. The van der Waals surface area contributed by atoms with E-state index in [2.05, 4.69) is 49.6 Å². The highest BCUT2D eigenvalue weighted by Crippen LogP contribution is 2.33. The Kier molecular flexibility index (Phi) is 4.80. The Morgan fingerprint density at radius 1 is 1.26 bits per heavy atom. The first kappa shape index (κ1) is 16.2. The van der Waals surface area contributed by atoms with Gasteiger partial charge in [-0.25, -0.2) is 9.97 Å². The van der Waals surface area contributed by atoms with Gasteiger partial charge < -0.3 is 10.6 Å². The third-order valence-corrected chi connectivity index (χ3v) is 5.37. The smallest absolute Gasteiger partial charge is 0.136 e. The first-order valence-electron chi connectivity index (χ1n) is 8.07. The van der Waals surface area contributed by atoms with E-state index in [9.17, 15) is 0 Å². The van der Waals surface area contributed by atoms with Crippen LogP contribution < -0.4 is 10.6 Å². The number of nitrogens with zero attached hydrogens (tertiary/aromatic N) is 4. The predicted molar refractivity (Wildman–Crippen MR) is 96.7 cm³/mol. The molecule has 23 heavy (non-hydrogen) atoms. The largest absolute Gasteiger partial charge is 0.398 e. The van der Waals surface area contributed by atoms with Crippen LogP contribution in [0.1, 0.15) is 42.5 Å². The summed E-state index contributed by atoms with van der Waals surface area (Å²) in [6.45, 7) is 6.18. The number of hydrogen-bond donors (Lipinski definition) is 1. The summed E-state index contributed by atoms with van der Waals surface area (Å²) in [7, 11) is 0. The number of hydrogen-bond acceptors (Lipinski definition) is 5. The lowest BCUT2D eigenvalue weighted by Crippen LogP contribution is -2.34. The van der Waals surface area contributed by atoms with Crippen molar-refractivity contribution in [2.24, 2.45) is 0 Å². The first-order valence-corrected chi connectivity index (χ1v) is 8.86. The van der Waals surface area contributed by atoms with Crippen LogP contribution in [-0.4, -0.2) is 28.0 Å². The van der Waals surface area contributed by atoms with Gasteiger partial charge in [-0.3, -0.25) is 4.98 Å². The van der Waals surface area contributed by atoms with Crippen molar-refractivity contribution in [1.82, 2.24) is 15.0 Å². The standard InChI is InChI=1S/C17H22BrN5/c1-3-13-16(18)21-10-22-17(13)23-8-5-12(6-9-23)15-11(2)14(19)4-7-20-15/h4,7,10,12H,3,5-6,8-9H2,1-2H3,(H2,19,20). The molecule has 0 bridgehead atoms. The van der Waals surface area contributed by atoms with E-state index in [1.165, 1.54) is 5.56 Å². The second-order valence-corrected chi connectivity index (χ2v) is 6.74. The third kappa shape index (κ3) is 3.17. The highest BCUT2D eigenvalue weighted by atomic mass is 79.9. The number of halogens is 1. The van der Waals surface area contributed by atoms with E-state index in [0.717, 1.165) is 59.7 Å². The molecule has 2 aromatic rings. The van der Waals surface area contributed by atoms with Gasteiger partial charge in [-0.05, 0) is 53.7 Å². The second kappa shape index (κ2) is 6.83. The minimum atomic E-state index is 0.477. The van der Waals surface area contributed by atoms with Crippen molar-refractivity contribution in [3.63, 3.8) is 0 Å². The minimum absolute atomic E-state index is 0.477. The summed E-state index contributed by atoms with van der Waals surface area (Å²) in [5.41, 5.74) is 10.3. The number of pyridine rings is 1. The topological polar surface area (TPSA) is 67.9 Å². The van der Waals surface area contributed by atoms with E-state index in [0.29, 0.717) is 5.92 Å².